The second-order valence-corrected chi connectivity index (χ2v) is 4.18. The monoisotopic (exact) mass is 231 g/mol. The standard InChI is InChI=1S/C10H9N5S/c1-6-2-3-8-7(4-6)5-15-9(10(16)11-8)12-13-14-15/h2-4H,5H2,1H3,(H,11,16). The molecule has 0 saturated carbocycles. The maximum Gasteiger partial charge on any atom is 0.210 e. The molecule has 5 nitrogen and oxygen atoms in total. The first kappa shape index (κ1) is 9.41. The van der Waals surface area contributed by atoms with Crippen molar-refractivity contribution in [3.63, 3.8) is 0 Å². The van der Waals surface area contributed by atoms with Crippen molar-refractivity contribution in [3.05, 3.63) is 35.2 Å². The summed E-state index contributed by atoms with van der Waals surface area (Å²) in [4.78, 5) is 0.563. The van der Waals surface area contributed by atoms with Gasteiger partial charge in [0.2, 0.25) is 5.82 Å². The summed E-state index contributed by atoms with van der Waals surface area (Å²) in [6.07, 6.45) is 0. The minimum absolute atomic E-state index is 0.563. The van der Waals surface area contributed by atoms with Gasteiger partial charge >= 0.3 is 0 Å². The van der Waals surface area contributed by atoms with Gasteiger partial charge in [0, 0.05) is 5.69 Å². The van der Waals surface area contributed by atoms with Gasteiger partial charge in [0.25, 0.3) is 0 Å². The molecular weight excluding hydrogens is 222 g/mol. The lowest BCUT2D eigenvalue weighted by molar-refractivity contribution is 0.648. The number of hydrogen-bond donors (Lipinski definition) is 1. The zero-order chi connectivity index (χ0) is 11.1. The van der Waals surface area contributed by atoms with E-state index < -0.39 is 0 Å². The molecule has 0 bridgehead atoms. The Morgan fingerprint density at radius 1 is 1.44 bits per heavy atom. The molecule has 0 saturated heterocycles. The van der Waals surface area contributed by atoms with Crippen LogP contribution in [-0.4, -0.2) is 25.2 Å². The number of benzene rings is 1. The van der Waals surface area contributed by atoms with Crippen LogP contribution in [-0.2, 0) is 6.54 Å². The topological polar surface area (TPSA) is 55.6 Å². The van der Waals surface area contributed by atoms with E-state index in [0.717, 1.165) is 11.3 Å². The second-order valence-electron chi connectivity index (χ2n) is 3.77. The molecule has 0 spiro atoms. The summed E-state index contributed by atoms with van der Waals surface area (Å²) < 4.78 is 1.71. The van der Waals surface area contributed by atoms with Gasteiger partial charge in [-0.3, -0.25) is 0 Å². The number of rotatable bonds is 0. The lowest BCUT2D eigenvalue weighted by Crippen LogP contribution is -2.14. The summed E-state index contributed by atoms with van der Waals surface area (Å²) >= 11 is 5.24. The van der Waals surface area contributed by atoms with Gasteiger partial charge in [-0.1, -0.05) is 29.9 Å². The number of fused-ring (bicyclic) bond motifs is 2. The molecule has 0 fully saturated rings. The first-order valence-electron chi connectivity index (χ1n) is 4.91. The van der Waals surface area contributed by atoms with E-state index in [0.29, 0.717) is 17.4 Å². The molecule has 0 amide bonds. The maximum absolute atomic E-state index is 5.24. The molecule has 3 rings (SSSR count). The van der Waals surface area contributed by atoms with Crippen LogP contribution < -0.4 is 5.32 Å². The third-order valence-electron chi connectivity index (χ3n) is 2.56. The molecule has 6 heteroatoms. The highest BCUT2D eigenvalue weighted by Crippen LogP contribution is 2.22. The normalized spacial score (nSPS) is 13.7. The van der Waals surface area contributed by atoms with Crippen LogP contribution in [0.3, 0.4) is 0 Å². The number of nitrogens with one attached hydrogen (secondary N) is 1. The van der Waals surface area contributed by atoms with E-state index >= 15 is 0 Å². The molecule has 1 aliphatic rings. The summed E-state index contributed by atoms with van der Waals surface area (Å²) in [7, 11) is 0. The molecule has 0 aliphatic carbocycles. The van der Waals surface area contributed by atoms with Crippen molar-refractivity contribution in [3.8, 4) is 0 Å². The molecule has 1 aromatic heterocycles. The van der Waals surface area contributed by atoms with Crippen molar-refractivity contribution in [2.75, 3.05) is 5.32 Å². The zero-order valence-electron chi connectivity index (χ0n) is 8.64. The van der Waals surface area contributed by atoms with Crippen LogP contribution in [0.4, 0.5) is 5.69 Å². The molecule has 80 valence electrons. The van der Waals surface area contributed by atoms with Crippen molar-refractivity contribution >= 4 is 22.9 Å². The molecular formula is C10H9N5S. The maximum atomic E-state index is 5.24. The van der Waals surface area contributed by atoms with Crippen LogP contribution in [0.15, 0.2) is 18.2 Å². The van der Waals surface area contributed by atoms with Crippen LogP contribution in [0, 0.1) is 6.92 Å². The second kappa shape index (κ2) is 3.34. The molecule has 1 aromatic carbocycles. The van der Waals surface area contributed by atoms with Gasteiger partial charge in [-0.2, -0.15) is 0 Å². The SMILES string of the molecule is Cc1ccc2c(c1)Cn1nnnc1C(=S)N2. The van der Waals surface area contributed by atoms with E-state index in [1.807, 2.05) is 12.1 Å². The summed E-state index contributed by atoms with van der Waals surface area (Å²) in [6, 6.07) is 6.19. The highest BCUT2D eigenvalue weighted by molar-refractivity contribution is 7.81. The van der Waals surface area contributed by atoms with Crippen LogP contribution >= 0.6 is 12.2 Å². The Balaban J connectivity index is 2.17. The summed E-state index contributed by atoms with van der Waals surface area (Å²) in [5.74, 6) is 0.615. The Morgan fingerprint density at radius 3 is 3.19 bits per heavy atom. The van der Waals surface area contributed by atoms with E-state index in [-0.39, 0.29) is 0 Å². The first-order valence-corrected chi connectivity index (χ1v) is 5.32. The Bertz CT molecular complexity index is 574. The number of tetrazole rings is 1. The quantitative estimate of drug-likeness (QED) is 0.689. The fourth-order valence-corrected chi connectivity index (χ4v) is 2.04. The van der Waals surface area contributed by atoms with Gasteiger partial charge in [-0.05, 0) is 29.0 Å². The fourth-order valence-electron chi connectivity index (χ4n) is 1.79. The predicted molar refractivity (Wildman–Crippen MR) is 63.4 cm³/mol. The Hall–Kier alpha value is -1.82. The van der Waals surface area contributed by atoms with Crippen LogP contribution in [0.25, 0.3) is 0 Å². The van der Waals surface area contributed by atoms with Gasteiger partial charge in [-0.25, -0.2) is 4.68 Å². The lowest BCUT2D eigenvalue weighted by atomic mass is 10.1. The number of nitrogens with zero attached hydrogens (tertiary/aromatic N) is 4. The largest absolute Gasteiger partial charge is 0.343 e. The molecule has 2 heterocycles. The van der Waals surface area contributed by atoms with Crippen molar-refractivity contribution in [2.45, 2.75) is 13.5 Å². The minimum Gasteiger partial charge on any atom is -0.343 e. The van der Waals surface area contributed by atoms with E-state index in [4.69, 9.17) is 12.2 Å². The van der Waals surface area contributed by atoms with Crippen molar-refractivity contribution < 1.29 is 0 Å². The van der Waals surface area contributed by atoms with Crippen LogP contribution in [0.1, 0.15) is 17.0 Å². The number of hydrogen-bond acceptors (Lipinski definition) is 4. The van der Waals surface area contributed by atoms with Crippen LogP contribution in [0.5, 0.6) is 0 Å². The molecule has 1 aliphatic heterocycles. The van der Waals surface area contributed by atoms with Gasteiger partial charge in [0.05, 0.1) is 6.54 Å². The van der Waals surface area contributed by atoms with Crippen molar-refractivity contribution in [2.24, 2.45) is 0 Å². The average Bonchev–Trinajstić information content (AvgIpc) is 2.65. The van der Waals surface area contributed by atoms with E-state index in [1.165, 1.54) is 5.56 Å². The minimum atomic E-state index is 0.563. The molecule has 0 radical (unpaired) electrons. The third-order valence-corrected chi connectivity index (χ3v) is 2.85. The lowest BCUT2D eigenvalue weighted by Gasteiger charge is -2.07. The average molecular weight is 231 g/mol. The number of anilines is 1. The molecule has 1 N–H and O–H groups in total. The zero-order valence-corrected chi connectivity index (χ0v) is 9.45. The molecule has 16 heavy (non-hydrogen) atoms. The number of aromatic nitrogens is 4. The Kier molecular flexibility index (Phi) is 1.97. The van der Waals surface area contributed by atoms with Gasteiger partial charge in [0.15, 0.2) is 4.99 Å². The third kappa shape index (κ3) is 1.38. The highest BCUT2D eigenvalue weighted by Gasteiger charge is 2.18. The molecule has 0 unspecified atom stereocenters. The number of thiocarbonyl (C=S) groups is 1. The Morgan fingerprint density at radius 2 is 2.31 bits per heavy atom. The summed E-state index contributed by atoms with van der Waals surface area (Å²) in [5.41, 5.74) is 3.37. The summed E-state index contributed by atoms with van der Waals surface area (Å²) in [5, 5.41) is 14.6. The molecule has 0 atom stereocenters. The van der Waals surface area contributed by atoms with Crippen LogP contribution in [0.2, 0.25) is 0 Å². The molecule has 2 aromatic rings. The fraction of sp³-hybridized carbons (Fsp3) is 0.200. The first-order chi connectivity index (χ1) is 7.74. The van der Waals surface area contributed by atoms with Gasteiger partial charge < -0.3 is 5.32 Å². The van der Waals surface area contributed by atoms with E-state index in [9.17, 15) is 0 Å². The summed E-state index contributed by atoms with van der Waals surface area (Å²) in [6.45, 7) is 2.70. The van der Waals surface area contributed by atoms with E-state index in [2.05, 4.69) is 33.8 Å². The Labute approximate surface area is 97.5 Å². The van der Waals surface area contributed by atoms with Crippen molar-refractivity contribution in [1.29, 1.82) is 0 Å². The highest BCUT2D eigenvalue weighted by atomic mass is 32.1. The van der Waals surface area contributed by atoms with Gasteiger partial charge in [-0.15, -0.1) is 5.10 Å². The van der Waals surface area contributed by atoms with Crippen molar-refractivity contribution in [1.82, 2.24) is 20.2 Å². The van der Waals surface area contributed by atoms with E-state index in [1.54, 1.807) is 4.68 Å². The predicted octanol–water partition coefficient (Wildman–Crippen LogP) is 1.13. The smallest absolute Gasteiger partial charge is 0.210 e. The number of aryl methyl sites for hydroxylation is 1. The van der Waals surface area contributed by atoms with Gasteiger partial charge in [0.1, 0.15) is 0 Å².